The van der Waals surface area contributed by atoms with Crippen LogP contribution in [0.15, 0.2) is 45.8 Å². The van der Waals surface area contributed by atoms with Crippen LogP contribution in [0.5, 0.6) is 23.0 Å². The van der Waals surface area contributed by atoms with Gasteiger partial charge in [-0.1, -0.05) is 12.1 Å². The van der Waals surface area contributed by atoms with Crippen molar-refractivity contribution in [1.29, 1.82) is 0 Å². The molecule has 29 heteroatoms. The minimum Gasteiger partial charge on any atom is -0.497 e. The van der Waals surface area contributed by atoms with E-state index in [9.17, 15) is 76.3 Å². The Labute approximate surface area is 437 Å². The van der Waals surface area contributed by atoms with Crippen molar-refractivity contribution in [2.45, 2.75) is 167 Å². The van der Waals surface area contributed by atoms with Gasteiger partial charge in [0.15, 0.2) is 36.7 Å². The first-order valence-electron chi connectivity index (χ1n) is 24.4. The number of fused-ring (bicyclic) bond motifs is 1. The zero-order chi connectivity index (χ0) is 55.9. The molecule has 2 aromatic carbocycles. The lowest BCUT2D eigenvalue weighted by molar-refractivity contribution is -0.370. The first kappa shape index (κ1) is 59.1. The van der Waals surface area contributed by atoms with Crippen molar-refractivity contribution in [3.63, 3.8) is 0 Å². The van der Waals surface area contributed by atoms with Crippen LogP contribution in [0.1, 0.15) is 13.8 Å². The summed E-state index contributed by atoms with van der Waals surface area (Å²) in [6, 6.07) is 7.82. The molecule has 25 unspecified atom stereocenters. The van der Waals surface area contributed by atoms with Gasteiger partial charge in [0.05, 0.1) is 58.9 Å². The predicted octanol–water partition coefficient (Wildman–Crippen LogP) is -5.98. The summed E-state index contributed by atoms with van der Waals surface area (Å²) in [6.07, 6.45) is -42.5. The van der Waals surface area contributed by atoms with Crippen LogP contribution in [0.25, 0.3) is 22.1 Å². The van der Waals surface area contributed by atoms with E-state index in [-0.39, 0.29) is 33.8 Å². The maximum atomic E-state index is 14.1. The largest absolute Gasteiger partial charge is 0.497 e. The third-order valence-corrected chi connectivity index (χ3v) is 14.2. The molecule has 5 aliphatic rings. The maximum absolute atomic E-state index is 14.1. The fourth-order valence-electron chi connectivity index (χ4n) is 9.60. The summed E-state index contributed by atoms with van der Waals surface area (Å²) in [5, 5.41) is 151. The normalized spacial score (nSPS) is 41.7. The fourth-order valence-corrected chi connectivity index (χ4v) is 9.60. The molecule has 5 fully saturated rings. The van der Waals surface area contributed by atoms with E-state index >= 15 is 0 Å². The van der Waals surface area contributed by atoms with E-state index in [0.717, 1.165) is 0 Å². The van der Waals surface area contributed by atoms with Crippen molar-refractivity contribution in [2.75, 3.05) is 41.2 Å². The lowest BCUT2D eigenvalue weighted by Gasteiger charge is -2.47. The first-order valence-corrected chi connectivity index (χ1v) is 24.4. The molecule has 5 aliphatic heterocycles. The Kier molecular flexibility index (Phi) is 19.0. The molecule has 0 bridgehead atoms. The number of aliphatic hydroxyl groups is 14. The summed E-state index contributed by atoms with van der Waals surface area (Å²) in [5.41, 5.74) is -0.00949. The minimum atomic E-state index is -2.12. The molecule has 5 saturated heterocycles. The molecular weight excluding hydrogens is 1040 g/mol. The van der Waals surface area contributed by atoms with E-state index in [2.05, 4.69) is 0 Å². The second kappa shape index (κ2) is 24.7. The molecule has 8 rings (SSSR count). The second-order valence-electron chi connectivity index (χ2n) is 19.1. The van der Waals surface area contributed by atoms with Crippen LogP contribution < -0.4 is 24.4 Å². The number of benzene rings is 2. The molecule has 77 heavy (non-hydrogen) atoms. The summed E-state index contributed by atoms with van der Waals surface area (Å²) in [5.74, 6) is -0.105. The number of aliphatic hydroxyl groups excluding tert-OH is 14. The van der Waals surface area contributed by atoms with Crippen LogP contribution in [0, 0.1) is 0 Å². The van der Waals surface area contributed by atoms with Gasteiger partial charge in [-0.25, -0.2) is 0 Å². The Hall–Kier alpha value is -4.07. The smallest absolute Gasteiger partial charge is 0.229 e. The van der Waals surface area contributed by atoms with Gasteiger partial charge in [-0.3, -0.25) is 4.79 Å². The number of methoxy groups -OCH3 is 3. The minimum absolute atomic E-state index is 0.0754. The van der Waals surface area contributed by atoms with Crippen molar-refractivity contribution in [1.82, 2.24) is 0 Å². The second-order valence-corrected chi connectivity index (χ2v) is 19.1. The van der Waals surface area contributed by atoms with Crippen LogP contribution in [0.2, 0.25) is 0 Å². The van der Waals surface area contributed by atoms with Gasteiger partial charge in [-0.05, 0) is 31.5 Å². The van der Waals surface area contributed by atoms with E-state index in [1.54, 1.807) is 24.3 Å². The van der Waals surface area contributed by atoms with Gasteiger partial charge in [0.25, 0.3) is 0 Å². The topological polar surface area (TPSA) is 433 Å². The van der Waals surface area contributed by atoms with Crippen molar-refractivity contribution < 1.29 is 137 Å². The molecule has 432 valence electrons. The number of ether oxygens (including phenoxy) is 13. The summed E-state index contributed by atoms with van der Waals surface area (Å²) >= 11 is 0. The molecule has 6 heterocycles. The van der Waals surface area contributed by atoms with Crippen LogP contribution >= 0.6 is 0 Å². The molecule has 3 aromatic rings. The highest BCUT2D eigenvalue weighted by Crippen LogP contribution is 2.45. The molecule has 1 aromatic heterocycles. The summed E-state index contributed by atoms with van der Waals surface area (Å²) in [4.78, 5) is 14.1. The van der Waals surface area contributed by atoms with Crippen molar-refractivity contribution >= 4 is 11.0 Å². The zero-order valence-corrected chi connectivity index (χ0v) is 41.9. The van der Waals surface area contributed by atoms with Gasteiger partial charge < -0.3 is 137 Å². The Bertz CT molecular complexity index is 2460. The highest BCUT2D eigenvalue weighted by molar-refractivity contribution is 5.91. The highest BCUT2D eigenvalue weighted by Gasteiger charge is 2.54. The number of hydrogen-bond donors (Lipinski definition) is 14. The SMILES string of the molecule is COc1ccc(-c2coc3cc(OC4OC(COC5OC(C)C(O)C(O)C5O)C(O)C(OC5OC(COC6OC(C)C(OC7OC(CO)C(O)C(O)C7O)C(O)C6O)C(O)C(O)C5O)C4O)c(OC)c(OC)c3c2=O)cc1. The molecule has 29 nitrogen and oxygen atoms in total. The molecule has 14 N–H and O–H groups in total. The van der Waals surface area contributed by atoms with E-state index < -0.39 is 179 Å². The van der Waals surface area contributed by atoms with Crippen LogP contribution in [-0.2, 0) is 42.6 Å². The zero-order valence-electron chi connectivity index (χ0n) is 41.9. The van der Waals surface area contributed by atoms with Crippen LogP contribution in [-0.4, -0.2) is 266 Å². The van der Waals surface area contributed by atoms with Gasteiger partial charge in [-0.15, -0.1) is 0 Å². The van der Waals surface area contributed by atoms with Crippen molar-refractivity contribution in [2.24, 2.45) is 0 Å². The lowest BCUT2D eigenvalue weighted by Crippen LogP contribution is -2.66. The summed E-state index contributed by atoms with van der Waals surface area (Å²) in [7, 11) is 3.96. The fraction of sp³-hybridized carbons (Fsp3) is 0.688. The summed E-state index contributed by atoms with van der Waals surface area (Å²) in [6.45, 7) is 0.508. The first-order chi connectivity index (χ1) is 36.6. The average molecular weight is 1110 g/mol. The van der Waals surface area contributed by atoms with Crippen LogP contribution in [0.4, 0.5) is 0 Å². The third kappa shape index (κ3) is 11.8. The quantitative estimate of drug-likeness (QED) is 0.0598. The summed E-state index contributed by atoms with van der Waals surface area (Å²) < 4.78 is 80.2. The van der Waals surface area contributed by atoms with Gasteiger partial charge >= 0.3 is 0 Å². The van der Waals surface area contributed by atoms with E-state index in [0.29, 0.717) is 11.3 Å². The Morgan fingerprint density at radius 2 is 1.00 bits per heavy atom. The van der Waals surface area contributed by atoms with E-state index in [1.807, 2.05) is 0 Å². The van der Waals surface area contributed by atoms with E-state index in [4.69, 9.17) is 66.0 Å². The Morgan fingerprint density at radius 1 is 0.494 bits per heavy atom. The Balaban J connectivity index is 1.02. The Morgan fingerprint density at radius 3 is 1.58 bits per heavy atom. The average Bonchev–Trinajstić information content (AvgIpc) is 3.48. The lowest BCUT2D eigenvalue weighted by atomic mass is 9.96. The molecule has 0 aliphatic carbocycles. The maximum Gasteiger partial charge on any atom is 0.229 e. The monoisotopic (exact) mass is 1110 g/mol. The predicted molar refractivity (Wildman–Crippen MR) is 250 cm³/mol. The van der Waals surface area contributed by atoms with Gasteiger partial charge in [0, 0.05) is 6.07 Å². The van der Waals surface area contributed by atoms with Gasteiger partial charge in [-0.2, -0.15) is 0 Å². The standard InChI is InChI=1S/C48H66O29/c1-15-26(50)31(55)35(59)44(70-15)69-14-24-30(54)43(39(63)48(75-24)72-21-10-20-25(42(66-5)41(21)65-4)27(51)19(12-67-20)17-6-8-18(64-3)9-7-17)77-47-37(61)33(57)29(53)23(74-47)13-68-45-38(62)34(58)40(16(2)71-45)76-46-36(60)32(56)28(52)22(11-49)73-46/h6-10,12,15-16,22-24,26,28-40,43-50,52-63H,11,13-14H2,1-5H3. The molecule has 0 spiro atoms. The van der Waals surface area contributed by atoms with E-state index in [1.165, 1.54) is 47.5 Å². The molecule has 0 saturated carbocycles. The van der Waals surface area contributed by atoms with Crippen LogP contribution in [0.3, 0.4) is 0 Å². The van der Waals surface area contributed by atoms with Gasteiger partial charge in [0.2, 0.25) is 17.5 Å². The highest BCUT2D eigenvalue weighted by atomic mass is 16.8. The molecule has 25 atom stereocenters. The molecular formula is C48H66O29. The molecule has 0 amide bonds. The van der Waals surface area contributed by atoms with Crippen molar-refractivity contribution in [3.8, 4) is 34.1 Å². The molecule has 0 radical (unpaired) electrons. The van der Waals surface area contributed by atoms with Gasteiger partial charge in [0.1, 0.15) is 133 Å². The van der Waals surface area contributed by atoms with Crippen molar-refractivity contribution in [3.05, 3.63) is 46.8 Å². The number of rotatable bonds is 17. The third-order valence-electron chi connectivity index (χ3n) is 14.2. The number of hydrogen-bond acceptors (Lipinski definition) is 29.